The van der Waals surface area contributed by atoms with Crippen molar-refractivity contribution < 1.29 is 4.79 Å². The first-order valence-electron chi connectivity index (χ1n) is 7.15. The number of carbonyl (C=O) groups excluding carboxylic acids is 1. The smallest absolute Gasteiger partial charge is 0.240 e. The average molecular weight is 345 g/mol. The number of amides is 1. The summed E-state index contributed by atoms with van der Waals surface area (Å²) in [6.45, 7) is 3.57. The fourth-order valence-electron chi connectivity index (χ4n) is 2.49. The van der Waals surface area contributed by atoms with Gasteiger partial charge in [0.15, 0.2) is 0 Å². The van der Waals surface area contributed by atoms with Crippen molar-refractivity contribution in [2.24, 2.45) is 5.73 Å². The van der Waals surface area contributed by atoms with E-state index in [9.17, 15) is 4.79 Å². The molecule has 3 N–H and O–H groups in total. The molecular formula is C15H22Cl2N4O. The molecule has 1 aliphatic rings. The van der Waals surface area contributed by atoms with E-state index in [1.54, 1.807) is 0 Å². The minimum Gasteiger partial charge on any atom is -0.354 e. The first kappa shape index (κ1) is 18.7. The summed E-state index contributed by atoms with van der Waals surface area (Å²) < 4.78 is 2.19. The molecule has 3 rings (SSSR count). The van der Waals surface area contributed by atoms with Crippen LogP contribution < -0.4 is 11.1 Å². The molecule has 2 aromatic rings. The Hall–Kier alpha value is -1.30. The third-order valence-corrected chi connectivity index (χ3v) is 3.92. The second-order valence-corrected chi connectivity index (χ2v) is 5.42. The van der Waals surface area contributed by atoms with E-state index in [1.807, 2.05) is 18.2 Å². The number of nitrogens with two attached hydrogens (primary N) is 1. The number of hydrogen-bond donors (Lipinski definition) is 2. The van der Waals surface area contributed by atoms with Gasteiger partial charge in [-0.05, 0) is 31.9 Å². The molecule has 1 fully saturated rings. The van der Waals surface area contributed by atoms with Crippen molar-refractivity contribution in [2.45, 2.75) is 38.3 Å². The predicted molar refractivity (Wildman–Crippen MR) is 92.8 cm³/mol. The summed E-state index contributed by atoms with van der Waals surface area (Å²) in [5.41, 5.74) is 7.42. The molecule has 0 aliphatic heterocycles. The van der Waals surface area contributed by atoms with Crippen molar-refractivity contribution in [1.82, 2.24) is 14.9 Å². The minimum atomic E-state index is -0.592. The molecule has 122 valence electrons. The van der Waals surface area contributed by atoms with Crippen LogP contribution in [0.5, 0.6) is 0 Å². The van der Waals surface area contributed by atoms with Crippen LogP contribution >= 0.6 is 24.8 Å². The van der Waals surface area contributed by atoms with E-state index in [2.05, 4.69) is 27.9 Å². The largest absolute Gasteiger partial charge is 0.354 e. The zero-order valence-electron chi connectivity index (χ0n) is 12.5. The third-order valence-electron chi connectivity index (χ3n) is 3.92. The van der Waals surface area contributed by atoms with E-state index >= 15 is 0 Å². The molecule has 0 radical (unpaired) electrons. The highest BCUT2D eigenvalue weighted by atomic mass is 35.5. The lowest BCUT2D eigenvalue weighted by atomic mass is 10.2. The molecule has 1 aliphatic carbocycles. The molecule has 7 heteroatoms. The second-order valence-electron chi connectivity index (χ2n) is 5.42. The second kappa shape index (κ2) is 7.31. The van der Waals surface area contributed by atoms with E-state index in [0.29, 0.717) is 6.54 Å². The Kier molecular flexibility index (Phi) is 6.23. The number of aromatic nitrogens is 2. The number of fused-ring (bicyclic) bond motifs is 1. The topological polar surface area (TPSA) is 72.9 Å². The standard InChI is InChI=1S/C15H20N4O.2ClH/c1-2-19-12-6-4-3-5-11(12)18-13(19)7-10-17-14(20)15(16)8-9-15;;/h3-6H,2,7-10,16H2,1H3,(H,17,20);2*1H. The predicted octanol–water partition coefficient (Wildman–Crippen LogP) is 2.05. The van der Waals surface area contributed by atoms with E-state index in [1.165, 1.54) is 0 Å². The number of benzene rings is 1. The molecule has 1 aromatic carbocycles. The quantitative estimate of drug-likeness (QED) is 0.871. The number of nitrogens with zero attached hydrogens (tertiary/aromatic N) is 2. The maximum atomic E-state index is 11.8. The summed E-state index contributed by atoms with van der Waals surface area (Å²) in [6, 6.07) is 8.11. The zero-order chi connectivity index (χ0) is 14.2. The highest BCUT2D eigenvalue weighted by Crippen LogP contribution is 2.32. The zero-order valence-corrected chi connectivity index (χ0v) is 14.2. The van der Waals surface area contributed by atoms with E-state index in [4.69, 9.17) is 5.73 Å². The lowest BCUT2D eigenvalue weighted by molar-refractivity contribution is -0.123. The van der Waals surface area contributed by atoms with Gasteiger partial charge in [0.05, 0.1) is 16.6 Å². The summed E-state index contributed by atoms with van der Waals surface area (Å²) in [6.07, 6.45) is 2.32. The average Bonchev–Trinajstić information content (AvgIpc) is 3.10. The number of aryl methyl sites for hydroxylation is 1. The van der Waals surface area contributed by atoms with Crippen LogP contribution in [-0.2, 0) is 17.8 Å². The lowest BCUT2D eigenvalue weighted by Gasteiger charge is -2.10. The Morgan fingerprint density at radius 1 is 1.36 bits per heavy atom. The summed E-state index contributed by atoms with van der Waals surface area (Å²) >= 11 is 0. The van der Waals surface area contributed by atoms with Crippen LogP contribution in [0.3, 0.4) is 0 Å². The van der Waals surface area contributed by atoms with Crippen LogP contribution in [0.25, 0.3) is 11.0 Å². The summed E-state index contributed by atoms with van der Waals surface area (Å²) in [5, 5.41) is 2.91. The van der Waals surface area contributed by atoms with Crippen molar-refractivity contribution in [3.8, 4) is 0 Å². The number of halogens is 2. The summed E-state index contributed by atoms with van der Waals surface area (Å²) in [4.78, 5) is 16.4. The number of imidazole rings is 1. The van der Waals surface area contributed by atoms with Gasteiger partial charge in [0, 0.05) is 19.5 Å². The Balaban J connectivity index is 0.00000121. The van der Waals surface area contributed by atoms with Gasteiger partial charge < -0.3 is 15.6 Å². The number of rotatable bonds is 5. The van der Waals surface area contributed by atoms with Crippen LogP contribution in [0.1, 0.15) is 25.6 Å². The van der Waals surface area contributed by atoms with Gasteiger partial charge in [-0.1, -0.05) is 12.1 Å². The van der Waals surface area contributed by atoms with Crippen molar-refractivity contribution >= 4 is 41.8 Å². The number of carbonyl (C=O) groups is 1. The SMILES string of the molecule is CCn1c(CCNC(=O)C2(N)CC2)nc2ccccc21.Cl.Cl. The molecule has 5 nitrogen and oxygen atoms in total. The maximum Gasteiger partial charge on any atom is 0.240 e. The van der Waals surface area contributed by atoms with Gasteiger partial charge in [0.2, 0.25) is 5.91 Å². The molecule has 0 unspecified atom stereocenters. The highest BCUT2D eigenvalue weighted by molar-refractivity contribution is 5.89. The molecule has 1 aromatic heterocycles. The van der Waals surface area contributed by atoms with Gasteiger partial charge in [-0.2, -0.15) is 0 Å². The van der Waals surface area contributed by atoms with E-state index < -0.39 is 5.54 Å². The Bertz CT molecular complexity index is 652. The monoisotopic (exact) mass is 344 g/mol. The van der Waals surface area contributed by atoms with Crippen LogP contribution in [0.2, 0.25) is 0 Å². The Labute approximate surface area is 142 Å². The number of nitrogens with one attached hydrogen (secondary N) is 1. The van der Waals surface area contributed by atoms with Crippen LogP contribution in [0.4, 0.5) is 0 Å². The van der Waals surface area contributed by atoms with E-state index in [0.717, 1.165) is 42.7 Å². The highest BCUT2D eigenvalue weighted by Gasteiger charge is 2.45. The van der Waals surface area contributed by atoms with Gasteiger partial charge in [-0.3, -0.25) is 4.79 Å². The summed E-state index contributed by atoms with van der Waals surface area (Å²) in [5.74, 6) is 0.979. The molecule has 1 amide bonds. The van der Waals surface area contributed by atoms with Crippen molar-refractivity contribution in [3.05, 3.63) is 30.1 Å². The molecule has 22 heavy (non-hydrogen) atoms. The van der Waals surface area contributed by atoms with Crippen LogP contribution in [0, 0.1) is 0 Å². The molecule has 0 spiro atoms. The Morgan fingerprint density at radius 2 is 2.05 bits per heavy atom. The molecule has 0 bridgehead atoms. The molecule has 1 saturated carbocycles. The third kappa shape index (κ3) is 3.54. The van der Waals surface area contributed by atoms with Gasteiger partial charge in [-0.15, -0.1) is 24.8 Å². The van der Waals surface area contributed by atoms with Crippen LogP contribution in [0.15, 0.2) is 24.3 Å². The van der Waals surface area contributed by atoms with Gasteiger partial charge >= 0.3 is 0 Å². The van der Waals surface area contributed by atoms with Crippen molar-refractivity contribution in [3.63, 3.8) is 0 Å². The fourth-order valence-corrected chi connectivity index (χ4v) is 2.49. The molecule has 1 heterocycles. The fraction of sp³-hybridized carbons (Fsp3) is 0.467. The van der Waals surface area contributed by atoms with E-state index in [-0.39, 0.29) is 30.7 Å². The van der Waals surface area contributed by atoms with Gasteiger partial charge in [-0.25, -0.2) is 4.98 Å². The van der Waals surface area contributed by atoms with Crippen LogP contribution in [-0.4, -0.2) is 27.5 Å². The van der Waals surface area contributed by atoms with Gasteiger partial charge in [0.25, 0.3) is 0 Å². The normalized spacial score (nSPS) is 14.8. The Morgan fingerprint density at radius 3 is 2.68 bits per heavy atom. The summed E-state index contributed by atoms with van der Waals surface area (Å²) in [7, 11) is 0. The number of hydrogen-bond acceptors (Lipinski definition) is 3. The molecule has 0 saturated heterocycles. The lowest BCUT2D eigenvalue weighted by Crippen LogP contribution is -2.43. The number of para-hydroxylation sites is 2. The first-order chi connectivity index (χ1) is 9.64. The molecule has 0 atom stereocenters. The first-order valence-corrected chi connectivity index (χ1v) is 7.15. The van der Waals surface area contributed by atoms with Gasteiger partial charge in [0.1, 0.15) is 5.82 Å². The molecular weight excluding hydrogens is 323 g/mol. The van der Waals surface area contributed by atoms with Crippen molar-refractivity contribution in [1.29, 1.82) is 0 Å². The maximum absolute atomic E-state index is 11.8. The minimum absolute atomic E-state index is 0. The van der Waals surface area contributed by atoms with Crippen molar-refractivity contribution in [2.75, 3.05) is 6.54 Å².